The third-order valence-electron chi connectivity index (χ3n) is 3.91. The molecule has 0 bridgehead atoms. The lowest BCUT2D eigenvalue weighted by molar-refractivity contribution is 0.379. The molecule has 1 aromatic carbocycles. The third kappa shape index (κ3) is 4.92. The maximum Gasteiger partial charge on any atom is 0.259 e. The summed E-state index contributed by atoms with van der Waals surface area (Å²) in [6.07, 6.45) is 1.74. The van der Waals surface area contributed by atoms with Crippen molar-refractivity contribution in [3.63, 3.8) is 0 Å². The molecule has 0 aliphatic rings. The summed E-state index contributed by atoms with van der Waals surface area (Å²) in [5, 5.41) is 3.91. The van der Waals surface area contributed by atoms with Crippen LogP contribution in [-0.4, -0.2) is 34.7 Å². The van der Waals surface area contributed by atoms with Gasteiger partial charge in [0.1, 0.15) is 5.82 Å². The van der Waals surface area contributed by atoms with E-state index in [-0.39, 0.29) is 30.4 Å². The summed E-state index contributed by atoms with van der Waals surface area (Å²) < 4.78 is 33.7. The summed E-state index contributed by atoms with van der Waals surface area (Å²) in [5.41, 5.74) is 7.39. The van der Waals surface area contributed by atoms with E-state index in [1.807, 2.05) is 24.3 Å². The molecule has 0 aliphatic heterocycles. The van der Waals surface area contributed by atoms with Crippen molar-refractivity contribution in [2.75, 3.05) is 6.54 Å². The predicted octanol–water partition coefficient (Wildman–Crippen LogP) is 1.18. The second-order valence-electron chi connectivity index (χ2n) is 5.80. The fourth-order valence-electron chi connectivity index (χ4n) is 2.29. The van der Waals surface area contributed by atoms with Crippen LogP contribution in [-0.2, 0) is 30.0 Å². The SMILES string of the molecule is Cc1nc(S(=O)(=O)NCCc2nc(-c3ccc(CN)cc3)no2)cn1C.Cl. The Morgan fingerprint density at radius 1 is 1.22 bits per heavy atom. The Hall–Kier alpha value is -2.27. The van der Waals surface area contributed by atoms with Crippen molar-refractivity contribution in [2.24, 2.45) is 12.8 Å². The van der Waals surface area contributed by atoms with E-state index in [1.54, 1.807) is 18.5 Å². The van der Waals surface area contributed by atoms with Gasteiger partial charge < -0.3 is 14.8 Å². The Morgan fingerprint density at radius 2 is 1.93 bits per heavy atom. The highest BCUT2D eigenvalue weighted by atomic mass is 35.5. The minimum Gasteiger partial charge on any atom is -0.339 e. The summed E-state index contributed by atoms with van der Waals surface area (Å²) in [6.45, 7) is 2.33. The molecule has 3 aromatic rings. The smallest absolute Gasteiger partial charge is 0.259 e. The van der Waals surface area contributed by atoms with Crippen LogP contribution in [0.4, 0.5) is 0 Å². The van der Waals surface area contributed by atoms with Crippen LogP contribution in [0.1, 0.15) is 17.3 Å². The maximum atomic E-state index is 12.2. The number of halogens is 1. The number of nitrogens with two attached hydrogens (primary N) is 1. The fourth-order valence-corrected chi connectivity index (χ4v) is 3.35. The van der Waals surface area contributed by atoms with Crippen molar-refractivity contribution in [1.82, 2.24) is 24.4 Å². The highest BCUT2D eigenvalue weighted by molar-refractivity contribution is 7.89. The predicted molar refractivity (Wildman–Crippen MR) is 102 cm³/mol. The van der Waals surface area contributed by atoms with E-state index < -0.39 is 10.0 Å². The molecule has 3 rings (SSSR count). The highest BCUT2D eigenvalue weighted by Gasteiger charge is 2.18. The zero-order valence-electron chi connectivity index (χ0n) is 14.9. The number of nitrogens with zero attached hydrogens (tertiary/aromatic N) is 4. The second-order valence-corrected chi connectivity index (χ2v) is 7.51. The first kappa shape index (κ1) is 21.0. The zero-order valence-corrected chi connectivity index (χ0v) is 16.5. The third-order valence-corrected chi connectivity index (χ3v) is 5.24. The Morgan fingerprint density at radius 3 is 2.52 bits per heavy atom. The van der Waals surface area contributed by atoms with Crippen LogP contribution in [0, 0.1) is 6.92 Å². The quantitative estimate of drug-likeness (QED) is 0.596. The average Bonchev–Trinajstić information content (AvgIpc) is 3.22. The van der Waals surface area contributed by atoms with Gasteiger partial charge in [-0.2, -0.15) is 4.98 Å². The monoisotopic (exact) mass is 412 g/mol. The second kappa shape index (κ2) is 8.61. The Kier molecular flexibility index (Phi) is 6.71. The van der Waals surface area contributed by atoms with Gasteiger partial charge in [0.15, 0.2) is 5.03 Å². The normalized spacial score (nSPS) is 11.4. The van der Waals surface area contributed by atoms with Crippen molar-refractivity contribution in [3.05, 3.63) is 47.7 Å². The topological polar surface area (TPSA) is 129 Å². The number of imidazole rings is 1. The van der Waals surface area contributed by atoms with Crippen molar-refractivity contribution < 1.29 is 12.9 Å². The van der Waals surface area contributed by atoms with Crippen LogP contribution in [0.3, 0.4) is 0 Å². The molecule has 0 fully saturated rings. The Labute approximate surface area is 163 Å². The molecule has 0 saturated heterocycles. The molecule has 27 heavy (non-hydrogen) atoms. The van der Waals surface area contributed by atoms with Crippen LogP contribution >= 0.6 is 12.4 Å². The van der Waals surface area contributed by atoms with Gasteiger partial charge in [0.25, 0.3) is 10.0 Å². The van der Waals surface area contributed by atoms with E-state index in [9.17, 15) is 8.42 Å². The molecule has 9 nitrogen and oxygen atoms in total. The van der Waals surface area contributed by atoms with E-state index in [2.05, 4.69) is 19.8 Å². The standard InChI is InChI=1S/C16H20N6O3S.ClH/c1-11-19-15(10-22(11)2)26(23,24)18-8-7-14-20-16(21-25-14)13-5-3-12(9-17)4-6-13;/h3-6,10,18H,7-9,17H2,1-2H3;1H. The van der Waals surface area contributed by atoms with Gasteiger partial charge in [0.2, 0.25) is 11.7 Å². The molecule has 0 radical (unpaired) electrons. The van der Waals surface area contributed by atoms with Gasteiger partial charge in [-0.1, -0.05) is 29.4 Å². The zero-order chi connectivity index (χ0) is 18.7. The van der Waals surface area contributed by atoms with Crippen LogP contribution in [0.15, 0.2) is 40.0 Å². The summed E-state index contributed by atoms with van der Waals surface area (Å²) >= 11 is 0. The number of hydrogen-bond donors (Lipinski definition) is 2. The van der Waals surface area contributed by atoms with Crippen LogP contribution < -0.4 is 10.5 Å². The van der Waals surface area contributed by atoms with E-state index in [4.69, 9.17) is 10.3 Å². The van der Waals surface area contributed by atoms with Gasteiger partial charge in [0.05, 0.1) is 0 Å². The van der Waals surface area contributed by atoms with Crippen LogP contribution in [0.2, 0.25) is 0 Å². The van der Waals surface area contributed by atoms with Crippen LogP contribution in [0.5, 0.6) is 0 Å². The number of sulfonamides is 1. The molecule has 3 N–H and O–H groups in total. The lowest BCUT2D eigenvalue weighted by Crippen LogP contribution is -2.26. The lowest BCUT2D eigenvalue weighted by Gasteiger charge is -2.01. The molecule has 0 spiro atoms. The van der Waals surface area contributed by atoms with Gasteiger partial charge in [-0.25, -0.2) is 18.1 Å². The summed E-state index contributed by atoms with van der Waals surface area (Å²) in [4.78, 5) is 8.30. The number of aromatic nitrogens is 4. The fraction of sp³-hybridized carbons (Fsp3) is 0.312. The van der Waals surface area contributed by atoms with Crippen molar-refractivity contribution in [3.8, 4) is 11.4 Å². The maximum absolute atomic E-state index is 12.2. The first-order chi connectivity index (χ1) is 12.4. The van der Waals surface area contributed by atoms with Gasteiger partial charge in [-0.15, -0.1) is 12.4 Å². The first-order valence-electron chi connectivity index (χ1n) is 8.00. The van der Waals surface area contributed by atoms with Gasteiger partial charge in [-0.3, -0.25) is 0 Å². The van der Waals surface area contributed by atoms with Crippen LogP contribution in [0.25, 0.3) is 11.4 Å². The molecule has 2 heterocycles. The van der Waals surface area contributed by atoms with Crippen molar-refractivity contribution in [2.45, 2.75) is 24.9 Å². The Bertz CT molecular complexity index is 978. The molecule has 2 aromatic heterocycles. The Balaban J connectivity index is 0.00000261. The van der Waals surface area contributed by atoms with E-state index in [0.29, 0.717) is 24.1 Å². The first-order valence-corrected chi connectivity index (χ1v) is 9.49. The number of benzene rings is 1. The summed E-state index contributed by atoms with van der Waals surface area (Å²) in [6, 6.07) is 7.52. The molecule has 0 amide bonds. The molecule has 0 unspecified atom stereocenters. The molecule has 11 heteroatoms. The average molecular weight is 413 g/mol. The van der Waals surface area contributed by atoms with Gasteiger partial charge in [-0.05, 0) is 12.5 Å². The van der Waals surface area contributed by atoms with Gasteiger partial charge in [0, 0.05) is 38.3 Å². The van der Waals surface area contributed by atoms with E-state index in [0.717, 1.165) is 11.1 Å². The van der Waals surface area contributed by atoms with E-state index >= 15 is 0 Å². The summed E-state index contributed by atoms with van der Waals surface area (Å²) in [7, 11) is -1.93. The molecule has 0 aliphatic carbocycles. The number of nitrogens with one attached hydrogen (secondary N) is 1. The molecular weight excluding hydrogens is 392 g/mol. The molecular formula is C16H21ClN6O3S. The van der Waals surface area contributed by atoms with Crippen molar-refractivity contribution in [1.29, 1.82) is 0 Å². The van der Waals surface area contributed by atoms with Gasteiger partial charge >= 0.3 is 0 Å². The summed E-state index contributed by atoms with van der Waals surface area (Å²) in [5.74, 6) is 1.42. The highest BCUT2D eigenvalue weighted by Crippen LogP contribution is 2.16. The largest absolute Gasteiger partial charge is 0.339 e. The number of rotatable bonds is 7. The molecule has 146 valence electrons. The molecule has 0 saturated carbocycles. The number of hydrogen-bond acceptors (Lipinski definition) is 7. The molecule has 0 atom stereocenters. The van der Waals surface area contributed by atoms with E-state index in [1.165, 1.54) is 6.20 Å². The number of aryl methyl sites for hydroxylation is 2. The minimum atomic E-state index is -3.67. The minimum absolute atomic E-state index is 0. The van der Waals surface area contributed by atoms with Crippen molar-refractivity contribution >= 4 is 22.4 Å². The lowest BCUT2D eigenvalue weighted by atomic mass is 10.1.